The molecule has 0 unspecified atom stereocenters. The Balaban J connectivity index is 1.23. The minimum absolute atomic E-state index is 0.0574. The van der Waals surface area contributed by atoms with Gasteiger partial charge in [-0.15, -0.1) is 11.3 Å². The zero-order valence-electron chi connectivity index (χ0n) is 22.7. The van der Waals surface area contributed by atoms with Crippen molar-refractivity contribution in [2.24, 2.45) is 0 Å². The van der Waals surface area contributed by atoms with Gasteiger partial charge in [-0.2, -0.15) is 0 Å². The fourth-order valence-corrected chi connectivity index (χ4v) is 6.06. The minimum Gasteiger partial charge on any atom is -0.494 e. The lowest BCUT2D eigenvalue weighted by Crippen LogP contribution is -2.47. The Labute approximate surface area is 241 Å². The van der Waals surface area contributed by atoms with Gasteiger partial charge in [0.2, 0.25) is 17.6 Å². The number of rotatable bonds is 3. The second kappa shape index (κ2) is 11.7. The summed E-state index contributed by atoms with van der Waals surface area (Å²) in [7, 11) is 0. The first-order valence-electron chi connectivity index (χ1n) is 13.7. The third kappa shape index (κ3) is 6.07. The lowest BCUT2D eigenvalue weighted by atomic mass is 9.94. The maximum Gasteiger partial charge on any atom is 0.274 e. The molecule has 1 saturated heterocycles. The highest BCUT2D eigenvalue weighted by Gasteiger charge is 2.38. The van der Waals surface area contributed by atoms with E-state index in [4.69, 9.17) is 4.74 Å². The number of fused-ring (bicyclic) bond motifs is 5. The minimum atomic E-state index is -0.349. The average molecular weight is 574 g/mol. The Morgan fingerprint density at radius 3 is 2.88 bits per heavy atom. The van der Waals surface area contributed by atoms with Crippen LogP contribution < -0.4 is 10.1 Å². The number of carbonyl (C=O) groups is 3. The summed E-state index contributed by atoms with van der Waals surface area (Å²) in [5, 5.41) is 5.92. The fourth-order valence-electron chi connectivity index (χ4n) is 5.45. The maximum atomic E-state index is 13.5. The van der Waals surface area contributed by atoms with Crippen LogP contribution in [0.4, 0.5) is 0 Å². The molecule has 41 heavy (non-hydrogen) atoms. The van der Waals surface area contributed by atoms with Gasteiger partial charge >= 0.3 is 0 Å². The third-order valence-electron chi connectivity index (χ3n) is 7.47. The fraction of sp³-hybridized carbons (Fsp3) is 0.379. The van der Waals surface area contributed by atoms with Crippen molar-refractivity contribution in [3.05, 3.63) is 76.3 Å². The molecule has 0 radical (unpaired) electrons. The second-order valence-electron chi connectivity index (χ2n) is 10.4. The smallest absolute Gasteiger partial charge is 0.274 e. The van der Waals surface area contributed by atoms with Crippen molar-refractivity contribution in [3.8, 4) is 5.75 Å². The summed E-state index contributed by atoms with van der Waals surface area (Å²) in [5.74, 6) is 0.420. The van der Waals surface area contributed by atoms with E-state index < -0.39 is 0 Å². The number of ether oxygens (including phenoxy) is 1. The zero-order valence-corrected chi connectivity index (χ0v) is 23.5. The summed E-state index contributed by atoms with van der Waals surface area (Å²) >= 11 is 1.50. The Hall–Kier alpha value is -4.32. The van der Waals surface area contributed by atoms with E-state index in [-0.39, 0.29) is 42.6 Å². The highest BCUT2D eigenvalue weighted by molar-refractivity contribution is 7.09. The van der Waals surface area contributed by atoms with Crippen LogP contribution in [0, 0.1) is 6.92 Å². The number of benzene rings is 1. The number of imidazole rings is 1. The highest BCUT2D eigenvalue weighted by atomic mass is 32.1. The van der Waals surface area contributed by atoms with Crippen molar-refractivity contribution in [1.82, 2.24) is 34.5 Å². The van der Waals surface area contributed by atoms with Gasteiger partial charge in [0, 0.05) is 49.5 Å². The van der Waals surface area contributed by atoms with Gasteiger partial charge in [-0.25, -0.2) is 15.0 Å². The summed E-state index contributed by atoms with van der Waals surface area (Å²) in [6.07, 6.45) is 6.70. The van der Waals surface area contributed by atoms with Crippen molar-refractivity contribution < 1.29 is 19.1 Å². The number of amides is 3. The third-order valence-corrected chi connectivity index (χ3v) is 8.29. The molecule has 4 aromatic rings. The number of nitrogens with one attached hydrogen (secondary N) is 1. The van der Waals surface area contributed by atoms with Crippen molar-refractivity contribution in [1.29, 1.82) is 0 Å². The number of hydrogen-bond donors (Lipinski definition) is 1. The van der Waals surface area contributed by atoms with E-state index in [0.29, 0.717) is 49.8 Å². The van der Waals surface area contributed by atoms with E-state index in [1.807, 2.05) is 36.6 Å². The largest absolute Gasteiger partial charge is 0.494 e. The van der Waals surface area contributed by atoms with Crippen LogP contribution in [0.2, 0.25) is 0 Å². The van der Waals surface area contributed by atoms with Crippen molar-refractivity contribution >= 4 is 34.8 Å². The number of nitrogens with zero attached hydrogens (tertiary/aromatic N) is 6. The van der Waals surface area contributed by atoms with Gasteiger partial charge in [0.05, 0.1) is 36.3 Å². The van der Waals surface area contributed by atoms with Crippen molar-refractivity contribution in [2.75, 3.05) is 32.8 Å². The number of aryl methyl sites for hydroxylation is 1. The second-order valence-corrected chi connectivity index (χ2v) is 11.5. The number of hydrogen-bond acceptors (Lipinski definition) is 8. The normalized spacial score (nSPS) is 19.8. The molecule has 0 saturated carbocycles. The van der Waals surface area contributed by atoms with Gasteiger partial charge in [0.15, 0.2) is 0 Å². The topological polar surface area (TPSA) is 122 Å². The predicted molar refractivity (Wildman–Crippen MR) is 152 cm³/mol. The summed E-state index contributed by atoms with van der Waals surface area (Å²) in [5.41, 5.74) is 1.99. The molecule has 1 N–H and O–H groups in total. The number of carbonyl (C=O) groups excluding carboxylic acids is 3. The molecule has 3 amide bonds. The molecular formula is C29H31N7O4S. The molecule has 11 nitrogen and oxygen atoms in total. The Bertz CT molecular complexity index is 1550. The summed E-state index contributed by atoms with van der Waals surface area (Å²) in [6.45, 7) is 3.51. The highest BCUT2D eigenvalue weighted by Crippen LogP contribution is 2.31. The summed E-state index contributed by atoms with van der Waals surface area (Å²) in [4.78, 5) is 56.5. The molecule has 6 rings (SSSR count). The average Bonchev–Trinajstić information content (AvgIpc) is 3.69. The van der Waals surface area contributed by atoms with Crippen LogP contribution in [-0.4, -0.2) is 85.7 Å². The Kier molecular flexibility index (Phi) is 7.64. The quantitative estimate of drug-likeness (QED) is 0.400. The molecule has 12 heteroatoms. The Morgan fingerprint density at radius 1 is 1.15 bits per heavy atom. The van der Waals surface area contributed by atoms with Gasteiger partial charge in [-0.05, 0) is 43.5 Å². The molecule has 5 heterocycles. The van der Waals surface area contributed by atoms with E-state index in [1.54, 1.807) is 38.9 Å². The van der Waals surface area contributed by atoms with Gasteiger partial charge in [0.25, 0.3) is 5.91 Å². The van der Waals surface area contributed by atoms with Gasteiger partial charge in [0.1, 0.15) is 11.4 Å². The van der Waals surface area contributed by atoms with Crippen molar-refractivity contribution in [2.45, 2.75) is 38.1 Å². The Morgan fingerprint density at radius 2 is 2.05 bits per heavy atom. The standard InChI is InChI=1S/C29H31N7O4S/c1-19-31-21(18-41-19)13-27(38)34-9-2-3-11-40-22-7-4-6-20(12-22)23-14-36(15-24(23)32-26(37)17-34)28(39)25-16-35-10-5-8-30-29(35)33-25/h4-8,10,12,16,18,23-24H,2-3,9,11,13-15,17H2,1H3,(H,32,37)/t23-,24+/m1/s1. The van der Waals surface area contributed by atoms with Crippen LogP contribution in [0.1, 0.15) is 45.5 Å². The molecule has 1 fully saturated rings. The molecule has 3 aromatic heterocycles. The number of aromatic nitrogens is 4. The molecule has 0 aliphatic carbocycles. The van der Waals surface area contributed by atoms with Crippen LogP contribution in [0.3, 0.4) is 0 Å². The van der Waals surface area contributed by atoms with Crippen LogP contribution in [0.5, 0.6) is 5.75 Å². The van der Waals surface area contributed by atoms with Crippen LogP contribution in [0.15, 0.2) is 54.3 Å². The van der Waals surface area contributed by atoms with Gasteiger partial charge in [-0.1, -0.05) is 12.1 Å². The van der Waals surface area contributed by atoms with E-state index in [9.17, 15) is 14.4 Å². The zero-order chi connectivity index (χ0) is 28.3. The number of likely N-dealkylation sites (tertiary alicyclic amines) is 1. The molecular weight excluding hydrogens is 542 g/mol. The molecule has 1 aromatic carbocycles. The van der Waals surface area contributed by atoms with Gasteiger partial charge < -0.3 is 19.9 Å². The summed E-state index contributed by atoms with van der Waals surface area (Å²) < 4.78 is 7.74. The predicted octanol–water partition coefficient (Wildman–Crippen LogP) is 2.46. The van der Waals surface area contributed by atoms with E-state index >= 15 is 0 Å². The molecule has 0 spiro atoms. The monoisotopic (exact) mass is 573 g/mol. The van der Waals surface area contributed by atoms with Crippen LogP contribution in [0.25, 0.3) is 5.78 Å². The molecule has 212 valence electrons. The molecule has 2 atom stereocenters. The van der Waals surface area contributed by atoms with E-state index in [2.05, 4.69) is 20.3 Å². The molecule has 2 aliphatic rings. The first-order valence-corrected chi connectivity index (χ1v) is 14.6. The number of thiazole rings is 1. The molecule has 2 aliphatic heterocycles. The van der Waals surface area contributed by atoms with Crippen molar-refractivity contribution in [3.63, 3.8) is 0 Å². The van der Waals surface area contributed by atoms with Crippen LogP contribution in [-0.2, 0) is 16.0 Å². The summed E-state index contributed by atoms with van der Waals surface area (Å²) in [6, 6.07) is 9.27. The van der Waals surface area contributed by atoms with Gasteiger partial charge in [-0.3, -0.25) is 18.8 Å². The van der Waals surface area contributed by atoms with E-state index in [1.165, 1.54) is 11.3 Å². The lowest BCUT2D eigenvalue weighted by Gasteiger charge is -2.25. The van der Waals surface area contributed by atoms with Crippen LogP contribution >= 0.6 is 11.3 Å². The SMILES string of the molecule is Cc1nc(CC(=O)N2CCCCOc3cccc(c3)[C@H]3CN(C(=O)c4cn5cccnc5n4)C[C@@H]3NC(=O)C2)cs1. The maximum absolute atomic E-state index is 13.5. The molecule has 2 bridgehead atoms. The first-order chi connectivity index (χ1) is 19.9. The van der Waals surface area contributed by atoms with E-state index in [0.717, 1.165) is 22.7 Å². The first kappa shape index (κ1) is 26.9. The lowest BCUT2D eigenvalue weighted by molar-refractivity contribution is -0.135.